The van der Waals surface area contributed by atoms with Crippen LogP contribution in [0.2, 0.25) is 5.02 Å². The van der Waals surface area contributed by atoms with E-state index in [-0.39, 0.29) is 11.9 Å². The van der Waals surface area contributed by atoms with Gasteiger partial charge < -0.3 is 10.2 Å². The number of nitrogens with one attached hydrogen (secondary N) is 1. The third-order valence-electron chi connectivity index (χ3n) is 6.51. The number of nitrogens with zero attached hydrogens (tertiary/aromatic N) is 4. The van der Waals surface area contributed by atoms with Gasteiger partial charge in [-0.2, -0.15) is 0 Å². The van der Waals surface area contributed by atoms with Gasteiger partial charge in [0.1, 0.15) is 11.6 Å². The number of anilines is 1. The van der Waals surface area contributed by atoms with Gasteiger partial charge in [-0.05, 0) is 61.4 Å². The lowest BCUT2D eigenvalue weighted by Crippen LogP contribution is -2.50. The Labute approximate surface area is 190 Å². The Hall–Kier alpha value is -3.06. The van der Waals surface area contributed by atoms with Crippen LogP contribution in [0.5, 0.6) is 0 Å². The van der Waals surface area contributed by atoms with Gasteiger partial charge in [0, 0.05) is 43.3 Å². The van der Waals surface area contributed by atoms with E-state index in [1.165, 1.54) is 25.0 Å². The number of rotatable bonds is 5. The van der Waals surface area contributed by atoms with Crippen LogP contribution >= 0.6 is 11.6 Å². The lowest BCUT2D eigenvalue weighted by molar-refractivity contribution is 0.0546. The van der Waals surface area contributed by atoms with Crippen LogP contribution in [0, 0.1) is 11.2 Å². The Morgan fingerprint density at radius 1 is 1.16 bits per heavy atom. The summed E-state index contributed by atoms with van der Waals surface area (Å²) in [5, 5.41) is 3.91. The predicted octanol–water partition coefficient (Wildman–Crippen LogP) is 4.83. The van der Waals surface area contributed by atoms with Crippen molar-refractivity contribution >= 4 is 23.3 Å². The summed E-state index contributed by atoms with van der Waals surface area (Å²) in [4.78, 5) is 28.3. The maximum Gasteiger partial charge on any atom is 0.254 e. The molecule has 164 valence electrons. The first-order chi connectivity index (χ1) is 15.5. The van der Waals surface area contributed by atoms with E-state index in [1.807, 2.05) is 11.0 Å². The van der Waals surface area contributed by atoms with E-state index in [9.17, 15) is 9.18 Å². The third-order valence-corrected chi connectivity index (χ3v) is 6.73. The molecule has 8 heteroatoms. The van der Waals surface area contributed by atoms with Gasteiger partial charge in [0.15, 0.2) is 0 Å². The molecule has 1 aliphatic heterocycles. The summed E-state index contributed by atoms with van der Waals surface area (Å²) in [6, 6.07) is 7.84. The Balaban J connectivity index is 1.42. The molecule has 1 saturated heterocycles. The van der Waals surface area contributed by atoms with Crippen LogP contribution in [0.4, 0.5) is 10.2 Å². The predicted molar refractivity (Wildman–Crippen MR) is 121 cm³/mol. The molecule has 2 aliphatic rings. The highest BCUT2D eigenvalue weighted by Crippen LogP contribution is 2.55. The Kier molecular flexibility index (Phi) is 5.51. The molecule has 1 aromatic carbocycles. The second kappa shape index (κ2) is 8.47. The van der Waals surface area contributed by atoms with Crippen molar-refractivity contribution in [3.63, 3.8) is 0 Å². The quantitative estimate of drug-likeness (QED) is 0.601. The summed E-state index contributed by atoms with van der Waals surface area (Å²) >= 11 is 5.93. The number of aromatic nitrogens is 3. The van der Waals surface area contributed by atoms with Crippen molar-refractivity contribution in [3.8, 4) is 11.3 Å². The average Bonchev–Trinajstić information content (AvgIpc) is 3.57. The molecule has 5 rings (SSSR count). The fraction of sp³-hybridized carbons (Fsp3) is 0.333. The molecule has 3 heterocycles. The number of pyridine rings is 1. The minimum absolute atomic E-state index is 0.0193. The molecular weight excluding hydrogens is 429 g/mol. The third kappa shape index (κ3) is 4.30. The number of hydrogen-bond donors (Lipinski definition) is 1. The highest BCUT2D eigenvalue weighted by molar-refractivity contribution is 6.30. The molecule has 1 atom stereocenters. The molecule has 2 fully saturated rings. The SMILES string of the molecule is O=C(c1cc(F)ccc1-c1cnccn1)N1CCC2(CC2)CC1CNc1ccc(Cl)cn1. The van der Waals surface area contributed by atoms with Gasteiger partial charge in [0.05, 0.1) is 22.5 Å². The fourth-order valence-electron chi connectivity index (χ4n) is 4.55. The van der Waals surface area contributed by atoms with Crippen molar-refractivity contribution in [1.29, 1.82) is 0 Å². The van der Waals surface area contributed by atoms with Gasteiger partial charge in [-0.15, -0.1) is 0 Å². The number of carbonyl (C=O) groups excluding carboxylic acids is 1. The summed E-state index contributed by atoms with van der Waals surface area (Å²) in [6.45, 7) is 1.22. The van der Waals surface area contributed by atoms with Crippen molar-refractivity contribution in [2.75, 3.05) is 18.4 Å². The maximum absolute atomic E-state index is 14.2. The van der Waals surface area contributed by atoms with E-state index >= 15 is 0 Å². The molecule has 1 saturated carbocycles. The number of likely N-dealkylation sites (tertiary alicyclic amines) is 1. The number of benzene rings is 1. The normalized spacial score (nSPS) is 19.1. The van der Waals surface area contributed by atoms with Gasteiger partial charge in [-0.3, -0.25) is 14.8 Å². The zero-order chi connectivity index (χ0) is 22.1. The minimum Gasteiger partial charge on any atom is -0.368 e. The van der Waals surface area contributed by atoms with Gasteiger partial charge >= 0.3 is 0 Å². The molecule has 1 amide bonds. The number of piperidine rings is 1. The zero-order valence-electron chi connectivity index (χ0n) is 17.5. The van der Waals surface area contributed by atoms with Crippen molar-refractivity contribution < 1.29 is 9.18 Å². The Morgan fingerprint density at radius 2 is 2.03 bits per heavy atom. The van der Waals surface area contributed by atoms with Gasteiger partial charge in [0.2, 0.25) is 0 Å². The molecule has 1 spiro atoms. The van der Waals surface area contributed by atoms with Crippen LogP contribution in [0.3, 0.4) is 0 Å². The van der Waals surface area contributed by atoms with Crippen LogP contribution in [-0.2, 0) is 0 Å². The standard InChI is InChI=1S/C24H23ClFN5O/c25-16-1-4-22(29-13-16)30-14-18-12-24(5-6-24)7-10-31(18)23(32)20-11-17(26)2-3-19(20)21-15-27-8-9-28-21/h1-4,8-9,11,13,15,18H,5-7,10,12,14H2,(H,29,30). The molecule has 1 aliphatic carbocycles. The molecule has 0 bridgehead atoms. The van der Waals surface area contributed by atoms with Crippen molar-refractivity contribution in [1.82, 2.24) is 19.9 Å². The van der Waals surface area contributed by atoms with E-state index in [2.05, 4.69) is 20.3 Å². The van der Waals surface area contributed by atoms with Gasteiger partial charge in [-0.1, -0.05) is 11.6 Å². The highest BCUT2D eigenvalue weighted by Gasteiger charge is 2.49. The fourth-order valence-corrected chi connectivity index (χ4v) is 4.66. The number of amides is 1. The minimum atomic E-state index is -0.447. The Bertz CT molecular complexity index is 1120. The Morgan fingerprint density at radius 3 is 2.75 bits per heavy atom. The summed E-state index contributed by atoms with van der Waals surface area (Å²) in [7, 11) is 0. The highest BCUT2D eigenvalue weighted by atomic mass is 35.5. The lowest BCUT2D eigenvalue weighted by atomic mass is 9.87. The van der Waals surface area contributed by atoms with Crippen LogP contribution < -0.4 is 5.32 Å². The van der Waals surface area contributed by atoms with Crippen molar-refractivity contribution in [3.05, 3.63) is 71.5 Å². The molecule has 3 aromatic rings. The molecule has 32 heavy (non-hydrogen) atoms. The molecule has 1 N–H and O–H groups in total. The first-order valence-electron chi connectivity index (χ1n) is 10.8. The second-order valence-corrected chi connectivity index (χ2v) is 9.07. The van der Waals surface area contributed by atoms with E-state index in [0.717, 1.165) is 12.8 Å². The smallest absolute Gasteiger partial charge is 0.254 e. The van der Waals surface area contributed by atoms with Crippen LogP contribution in [-0.4, -0.2) is 44.9 Å². The van der Waals surface area contributed by atoms with Gasteiger partial charge in [-0.25, -0.2) is 9.37 Å². The van der Waals surface area contributed by atoms with Crippen molar-refractivity contribution in [2.45, 2.75) is 31.7 Å². The largest absolute Gasteiger partial charge is 0.368 e. The summed E-state index contributed by atoms with van der Waals surface area (Å²) in [6.07, 6.45) is 10.6. The summed E-state index contributed by atoms with van der Waals surface area (Å²) < 4.78 is 14.2. The molecule has 0 radical (unpaired) electrons. The van der Waals surface area contributed by atoms with Crippen LogP contribution in [0.1, 0.15) is 36.0 Å². The van der Waals surface area contributed by atoms with Crippen molar-refractivity contribution in [2.24, 2.45) is 5.41 Å². The molecular formula is C24H23ClFN5O. The van der Waals surface area contributed by atoms with Crippen LogP contribution in [0.25, 0.3) is 11.3 Å². The first kappa shape index (κ1) is 20.8. The molecule has 2 aromatic heterocycles. The van der Waals surface area contributed by atoms with E-state index in [1.54, 1.807) is 36.9 Å². The number of halogens is 2. The molecule has 1 unspecified atom stereocenters. The number of hydrogen-bond acceptors (Lipinski definition) is 5. The first-order valence-corrected chi connectivity index (χ1v) is 11.1. The zero-order valence-corrected chi connectivity index (χ0v) is 18.2. The topological polar surface area (TPSA) is 71.0 Å². The average molecular weight is 452 g/mol. The summed E-state index contributed by atoms with van der Waals surface area (Å²) in [5.41, 5.74) is 1.78. The molecule has 6 nitrogen and oxygen atoms in total. The lowest BCUT2D eigenvalue weighted by Gasteiger charge is -2.40. The maximum atomic E-state index is 14.2. The second-order valence-electron chi connectivity index (χ2n) is 8.63. The summed E-state index contributed by atoms with van der Waals surface area (Å²) in [5.74, 6) is 0.0800. The monoisotopic (exact) mass is 451 g/mol. The van der Waals surface area contributed by atoms with Gasteiger partial charge in [0.25, 0.3) is 5.91 Å². The van der Waals surface area contributed by atoms with E-state index < -0.39 is 5.82 Å². The number of carbonyl (C=O) groups is 1. The van der Waals surface area contributed by atoms with E-state index in [4.69, 9.17) is 11.6 Å². The van der Waals surface area contributed by atoms with Crippen LogP contribution in [0.15, 0.2) is 55.1 Å². The van der Waals surface area contributed by atoms with E-state index in [0.29, 0.717) is 46.2 Å².